The van der Waals surface area contributed by atoms with E-state index in [4.69, 9.17) is 9.84 Å². The second kappa shape index (κ2) is 5.40. The fraction of sp³-hybridized carbons (Fsp3) is 0.364. The maximum absolute atomic E-state index is 11.1. The molecule has 0 saturated heterocycles. The number of ether oxygens (including phenoxy) is 1. The third-order valence-electron chi connectivity index (χ3n) is 1.86. The standard InChI is InChI=1S/C11H14O3/c1-2-14-11(13)7-9-3-5-10(8-12)6-4-9/h3-6,12H,2,7-8H2,1H3. The highest BCUT2D eigenvalue weighted by molar-refractivity contribution is 5.72. The lowest BCUT2D eigenvalue weighted by Gasteiger charge is -2.02. The van der Waals surface area contributed by atoms with E-state index in [1.807, 2.05) is 12.1 Å². The summed E-state index contributed by atoms with van der Waals surface area (Å²) in [5.41, 5.74) is 1.75. The SMILES string of the molecule is CCOC(=O)Cc1ccc(CO)cc1. The molecule has 0 fully saturated rings. The van der Waals surface area contributed by atoms with E-state index in [-0.39, 0.29) is 12.6 Å². The molecular formula is C11H14O3. The predicted octanol–water partition coefficient (Wildman–Crippen LogP) is 1.28. The maximum atomic E-state index is 11.1. The van der Waals surface area contributed by atoms with Gasteiger partial charge in [0, 0.05) is 0 Å². The summed E-state index contributed by atoms with van der Waals surface area (Å²) in [6.45, 7) is 2.22. The minimum atomic E-state index is -0.218. The molecule has 0 atom stereocenters. The van der Waals surface area contributed by atoms with Gasteiger partial charge in [0.25, 0.3) is 0 Å². The first kappa shape index (κ1) is 10.7. The van der Waals surface area contributed by atoms with Crippen LogP contribution >= 0.6 is 0 Å². The van der Waals surface area contributed by atoms with Gasteiger partial charge in [-0.15, -0.1) is 0 Å². The second-order valence-corrected chi connectivity index (χ2v) is 2.96. The van der Waals surface area contributed by atoms with Gasteiger partial charge in [-0.05, 0) is 18.1 Å². The fourth-order valence-corrected chi connectivity index (χ4v) is 1.14. The average Bonchev–Trinajstić information content (AvgIpc) is 2.19. The van der Waals surface area contributed by atoms with Crippen LogP contribution in [0.5, 0.6) is 0 Å². The van der Waals surface area contributed by atoms with E-state index in [9.17, 15) is 4.79 Å². The molecule has 0 aromatic heterocycles. The second-order valence-electron chi connectivity index (χ2n) is 2.96. The zero-order chi connectivity index (χ0) is 10.4. The molecule has 0 heterocycles. The van der Waals surface area contributed by atoms with Gasteiger partial charge in [0.15, 0.2) is 0 Å². The quantitative estimate of drug-likeness (QED) is 0.734. The van der Waals surface area contributed by atoms with Crippen LogP contribution in [-0.4, -0.2) is 17.7 Å². The van der Waals surface area contributed by atoms with Crippen LogP contribution in [0, 0.1) is 0 Å². The lowest BCUT2D eigenvalue weighted by Crippen LogP contribution is -2.07. The third kappa shape index (κ3) is 3.18. The Balaban J connectivity index is 2.55. The van der Waals surface area contributed by atoms with E-state index in [0.29, 0.717) is 13.0 Å². The third-order valence-corrected chi connectivity index (χ3v) is 1.86. The van der Waals surface area contributed by atoms with Crippen molar-refractivity contribution in [3.05, 3.63) is 35.4 Å². The van der Waals surface area contributed by atoms with E-state index in [2.05, 4.69) is 0 Å². The molecule has 3 heteroatoms. The van der Waals surface area contributed by atoms with Crippen molar-refractivity contribution in [1.29, 1.82) is 0 Å². The Bertz CT molecular complexity index is 290. The van der Waals surface area contributed by atoms with Gasteiger partial charge in [-0.1, -0.05) is 24.3 Å². The number of benzene rings is 1. The van der Waals surface area contributed by atoms with Gasteiger partial charge >= 0.3 is 5.97 Å². The van der Waals surface area contributed by atoms with Crippen molar-refractivity contribution in [2.45, 2.75) is 20.0 Å². The summed E-state index contributed by atoms with van der Waals surface area (Å²) in [4.78, 5) is 11.1. The molecule has 14 heavy (non-hydrogen) atoms. The van der Waals surface area contributed by atoms with Crippen LogP contribution < -0.4 is 0 Å². The average molecular weight is 194 g/mol. The van der Waals surface area contributed by atoms with Gasteiger partial charge in [-0.2, -0.15) is 0 Å². The Morgan fingerprint density at radius 1 is 1.29 bits per heavy atom. The smallest absolute Gasteiger partial charge is 0.310 e. The van der Waals surface area contributed by atoms with E-state index in [0.717, 1.165) is 11.1 Å². The summed E-state index contributed by atoms with van der Waals surface area (Å²) in [6.07, 6.45) is 0.291. The number of esters is 1. The molecule has 0 aliphatic rings. The van der Waals surface area contributed by atoms with Gasteiger partial charge in [0.2, 0.25) is 0 Å². The molecule has 1 rings (SSSR count). The summed E-state index contributed by atoms with van der Waals surface area (Å²) in [7, 11) is 0. The first-order valence-corrected chi connectivity index (χ1v) is 4.60. The molecule has 0 aliphatic carbocycles. The van der Waals surface area contributed by atoms with Crippen molar-refractivity contribution in [3.8, 4) is 0 Å². The zero-order valence-corrected chi connectivity index (χ0v) is 8.19. The molecule has 0 bridgehead atoms. The lowest BCUT2D eigenvalue weighted by molar-refractivity contribution is -0.142. The van der Waals surface area contributed by atoms with E-state index in [1.54, 1.807) is 19.1 Å². The molecule has 0 amide bonds. The number of hydrogen-bond donors (Lipinski definition) is 1. The summed E-state index contributed by atoms with van der Waals surface area (Å²) >= 11 is 0. The Morgan fingerprint density at radius 3 is 2.36 bits per heavy atom. The van der Waals surface area contributed by atoms with Crippen molar-refractivity contribution < 1.29 is 14.6 Å². The molecule has 76 valence electrons. The molecule has 1 aromatic rings. The molecule has 1 N–H and O–H groups in total. The summed E-state index contributed by atoms with van der Waals surface area (Å²) in [6, 6.07) is 7.24. The molecule has 0 radical (unpaired) electrons. The number of hydrogen-bond acceptors (Lipinski definition) is 3. The van der Waals surface area contributed by atoms with Crippen LogP contribution in [0.3, 0.4) is 0 Å². The molecule has 0 saturated carbocycles. The van der Waals surface area contributed by atoms with Crippen LogP contribution in [-0.2, 0) is 22.6 Å². The number of aliphatic hydroxyl groups excluding tert-OH is 1. The van der Waals surface area contributed by atoms with Crippen molar-refractivity contribution in [1.82, 2.24) is 0 Å². The molecule has 0 aliphatic heterocycles. The number of carbonyl (C=O) groups is 1. The summed E-state index contributed by atoms with van der Waals surface area (Å²) in [5.74, 6) is -0.218. The van der Waals surface area contributed by atoms with Crippen LogP contribution in [0.2, 0.25) is 0 Å². The normalized spacial score (nSPS) is 9.86. The highest BCUT2D eigenvalue weighted by atomic mass is 16.5. The van der Waals surface area contributed by atoms with Crippen LogP contribution in [0.25, 0.3) is 0 Å². The van der Waals surface area contributed by atoms with Gasteiger partial charge in [0.1, 0.15) is 0 Å². The van der Waals surface area contributed by atoms with Crippen molar-refractivity contribution in [3.63, 3.8) is 0 Å². The number of rotatable bonds is 4. The fourth-order valence-electron chi connectivity index (χ4n) is 1.14. The molecule has 1 aromatic carbocycles. The van der Waals surface area contributed by atoms with Gasteiger partial charge in [-0.25, -0.2) is 0 Å². The first-order chi connectivity index (χ1) is 6.76. The minimum absolute atomic E-state index is 0.0275. The van der Waals surface area contributed by atoms with E-state index >= 15 is 0 Å². The number of aliphatic hydroxyl groups is 1. The van der Waals surface area contributed by atoms with E-state index < -0.39 is 0 Å². The molecule has 3 nitrogen and oxygen atoms in total. The maximum Gasteiger partial charge on any atom is 0.310 e. The highest BCUT2D eigenvalue weighted by Crippen LogP contribution is 2.05. The summed E-state index contributed by atoms with van der Waals surface area (Å²) in [5, 5.41) is 8.80. The largest absolute Gasteiger partial charge is 0.466 e. The molecular weight excluding hydrogens is 180 g/mol. The van der Waals surface area contributed by atoms with E-state index in [1.165, 1.54) is 0 Å². The predicted molar refractivity (Wildman–Crippen MR) is 52.7 cm³/mol. The highest BCUT2D eigenvalue weighted by Gasteiger charge is 2.02. The monoisotopic (exact) mass is 194 g/mol. The van der Waals surface area contributed by atoms with Gasteiger partial charge in [-0.3, -0.25) is 4.79 Å². The van der Waals surface area contributed by atoms with Gasteiger partial charge < -0.3 is 9.84 Å². The lowest BCUT2D eigenvalue weighted by atomic mass is 10.1. The minimum Gasteiger partial charge on any atom is -0.466 e. The van der Waals surface area contributed by atoms with Crippen LogP contribution in [0.15, 0.2) is 24.3 Å². The molecule has 0 unspecified atom stereocenters. The van der Waals surface area contributed by atoms with Gasteiger partial charge in [0.05, 0.1) is 19.6 Å². The Hall–Kier alpha value is -1.35. The number of carbonyl (C=O) groups excluding carboxylic acids is 1. The summed E-state index contributed by atoms with van der Waals surface area (Å²) < 4.78 is 4.81. The topological polar surface area (TPSA) is 46.5 Å². The Labute approximate surface area is 83.3 Å². The van der Waals surface area contributed by atoms with Crippen LogP contribution in [0.1, 0.15) is 18.1 Å². The molecule has 0 spiro atoms. The Kier molecular flexibility index (Phi) is 4.13. The van der Waals surface area contributed by atoms with Crippen molar-refractivity contribution in [2.75, 3.05) is 6.61 Å². The first-order valence-electron chi connectivity index (χ1n) is 4.60. The van der Waals surface area contributed by atoms with Crippen molar-refractivity contribution in [2.24, 2.45) is 0 Å². The zero-order valence-electron chi connectivity index (χ0n) is 8.19. The Morgan fingerprint density at radius 2 is 1.86 bits per heavy atom. The van der Waals surface area contributed by atoms with Crippen LogP contribution in [0.4, 0.5) is 0 Å². The van der Waals surface area contributed by atoms with Crippen molar-refractivity contribution >= 4 is 5.97 Å².